The van der Waals surface area contributed by atoms with Gasteiger partial charge in [0.2, 0.25) is 0 Å². The number of carbonyl (C=O) groups is 2. The van der Waals surface area contributed by atoms with Crippen molar-refractivity contribution in [1.82, 2.24) is 0 Å². The van der Waals surface area contributed by atoms with Gasteiger partial charge < -0.3 is 15.6 Å². The molecule has 12 heteroatoms. The Labute approximate surface area is 214 Å². The van der Waals surface area contributed by atoms with Gasteiger partial charge in [0.25, 0.3) is 0 Å². The van der Waals surface area contributed by atoms with Crippen molar-refractivity contribution in [2.75, 3.05) is 11.1 Å². The Hall–Kier alpha value is -2.70. The predicted molar refractivity (Wildman–Crippen MR) is 112 cm³/mol. The van der Waals surface area contributed by atoms with Gasteiger partial charge >= 0.3 is 35.7 Å². The zero-order chi connectivity index (χ0) is 24.3. The summed E-state index contributed by atoms with van der Waals surface area (Å²) in [6.07, 6.45) is -4.67. The first-order chi connectivity index (χ1) is 15.3. The minimum atomic E-state index is -5.20. The van der Waals surface area contributed by atoms with Crippen molar-refractivity contribution in [3.8, 4) is 0 Å². The van der Waals surface area contributed by atoms with Gasteiger partial charge in [0.15, 0.2) is 11.6 Å². The minimum Gasteiger partial charge on any atom is -0.744 e. The first-order valence-corrected chi connectivity index (χ1v) is 10.8. The first-order valence-electron chi connectivity index (χ1n) is 9.36. The Morgan fingerprint density at radius 3 is 2.03 bits per heavy atom. The summed E-state index contributed by atoms with van der Waals surface area (Å²) < 4.78 is 75.4. The fourth-order valence-corrected chi connectivity index (χ4v) is 4.39. The summed E-state index contributed by atoms with van der Waals surface area (Å²) in [4.78, 5) is 25.3. The number of nitrogens with one attached hydrogen (secondary N) is 1. The van der Waals surface area contributed by atoms with Crippen LogP contribution in [0.2, 0.25) is 0 Å². The second kappa shape index (κ2) is 8.82. The standard InChI is InChI=1S/C22H15F3N2O5S.Na/c1-10-6-7-11(8-14(10)22(23,24)25)27-15-9-16(33(30,31)32)19(26)18-17(15)20(28)12-4-2-3-5-13(12)21(18)29;/h2-9,27H,26H2,1H3,(H,30,31,32);/q;+1/p-1. The Morgan fingerprint density at radius 2 is 1.50 bits per heavy atom. The van der Waals surface area contributed by atoms with E-state index in [1.54, 1.807) is 0 Å². The normalized spacial score (nSPS) is 13.1. The summed E-state index contributed by atoms with van der Waals surface area (Å²) in [5.41, 5.74) is 2.78. The van der Waals surface area contributed by atoms with Crippen LogP contribution < -0.4 is 40.6 Å². The van der Waals surface area contributed by atoms with E-state index in [9.17, 15) is 35.7 Å². The van der Waals surface area contributed by atoms with E-state index in [1.807, 2.05) is 0 Å². The summed E-state index contributed by atoms with van der Waals surface area (Å²) in [6.45, 7) is 1.26. The third-order valence-electron chi connectivity index (χ3n) is 5.29. The fraction of sp³-hybridized carbons (Fsp3) is 0.0909. The van der Waals surface area contributed by atoms with E-state index in [1.165, 1.54) is 43.3 Å². The third kappa shape index (κ3) is 4.37. The molecule has 3 N–H and O–H groups in total. The molecule has 0 heterocycles. The molecule has 0 atom stereocenters. The van der Waals surface area contributed by atoms with E-state index in [0.717, 1.165) is 12.1 Å². The monoisotopic (exact) mass is 498 g/mol. The van der Waals surface area contributed by atoms with Crippen molar-refractivity contribution in [2.24, 2.45) is 0 Å². The number of carbonyl (C=O) groups excluding carboxylic acids is 2. The molecule has 1 aliphatic rings. The van der Waals surface area contributed by atoms with Crippen molar-refractivity contribution in [3.63, 3.8) is 0 Å². The summed E-state index contributed by atoms with van der Waals surface area (Å²) in [6, 6.07) is 9.71. The van der Waals surface area contributed by atoms with Gasteiger partial charge in [0.05, 0.1) is 33.0 Å². The van der Waals surface area contributed by atoms with Crippen LogP contribution in [0.1, 0.15) is 43.0 Å². The van der Waals surface area contributed by atoms with E-state index in [-0.39, 0.29) is 63.2 Å². The maximum atomic E-state index is 13.3. The molecule has 4 rings (SSSR count). The topological polar surface area (TPSA) is 129 Å². The van der Waals surface area contributed by atoms with Gasteiger partial charge in [-0.15, -0.1) is 0 Å². The average Bonchev–Trinajstić information content (AvgIpc) is 2.72. The van der Waals surface area contributed by atoms with Crippen molar-refractivity contribution < 1.29 is 65.3 Å². The number of halogens is 3. The van der Waals surface area contributed by atoms with Crippen molar-refractivity contribution >= 4 is 38.7 Å². The molecule has 34 heavy (non-hydrogen) atoms. The van der Waals surface area contributed by atoms with Gasteiger partial charge in [-0.3, -0.25) is 9.59 Å². The molecule has 7 nitrogen and oxygen atoms in total. The number of hydrogen-bond acceptors (Lipinski definition) is 7. The largest absolute Gasteiger partial charge is 1.00 e. The molecule has 0 aromatic heterocycles. The molecule has 3 aromatic carbocycles. The zero-order valence-corrected chi connectivity index (χ0v) is 20.6. The van der Waals surface area contributed by atoms with E-state index in [4.69, 9.17) is 5.73 Å². The molecule has 0 fully saturated rings. The summed E-state index contributed by atoms with van der Waals surface area (Å²) >= 11 is 0. The van der Waals surface area contributed by atoms with Crippen molar-refractivity contribution in [3.05, 3.63) is 81.9 Å². The van der Waals surface area contributed by atoms with Crippen molar-refractivity contribution in [2.45, 2.75) is 18.0 Å². The predicted octanol–water partition coefficient (Wildman–Crippen LogP) is 1.02. The van der Waals surface area contributed by atoms with Gasteiger partial charge in [0.1, 0.15) is 10.1 Å². The smallest absolute Gasteiger partial charge is 0.744 e. The van der Waals surface area contributed by atoms with Gasteiger partial charge in [-0.1, -0.05) is 30.3 Å². The van der Waals surface area contributed by atoms with Crippen LogP contribution in [0.4, 0.5) is 30.2 Å². The molecule has 0 bridgehead atoms. The van der Waals surface area contributed by atoms with Gasteiger partial charge in [-0.25, -0.2) is 8.42 Å². The molecule has 170 valence electrons. The number of rotatable bonds is 3. The Morgan fingerprint density at radius 1 is 0.941 bits per heavy atom. The van der Waals surface area contributed by atoms with E-state index in [0.29, 0.717) is 0 Å². The molecule has 0 saturated carbocycles. The van der Waals surface area contributed by atoms with E-state index < -0.39 is 49.6 Å². The van der Waals surface area contributed by atoms with Crippen LogP contribution in [-0.4, -0.2) is 24.5 Å². The zero-order valence-electron chi connectivity index (χ0n) is 17.8. The van der Waals surface area contributed by atoms with Crippen LogP contribution in [0.25, 0.3) is 0 Å². The number of aryl methyl sites for hydroxylation is 1. The Kier molecular flexibility index (Phi) is 6.72. The van der Waals surface area contributed by atoms with E-state index in [2.05, 4.69) is 5.32 Å². The number of fused-ring (bicyclic) bond motifs is 2. The second-order valence-electron chi connectivity index (χ2n) is 7.40. The van der Waals surface area contributed by atoms with Crippen LogP contribution in [0.5, 0.6) is 0 Å². The van der Waals surface area contributed by atoms with E-state index >= 15 is 0 Å². The summed E-state index contributed by atoms with van der Waals surface area (Å²) in [5.74, 6) is -1.49. The summed E-state index contributed by atoms with van der Waals surface area (Å²) in [7, 11) is -5.20. The molecular weight excluding hydrogens is 484 g/mol. The molecule has 3 aromatic rings. The van der Waals surface area contributed by atoms with Crippen LogP contribution in [-0.2, 0) is 16.3 Å². The molecule has 0 unspecified atom stereocenters. The van der Waals surface area contributed by atoms with Crippen molar-refractivity contribution in [1.29, 1.82) is 0 Å². The van der Waals surface area contributed by atoms with Gasteiger partial charge in [-0.05, 0) is 30.7 Å². The van der Waals surface area contributed by atoms with Gasteiger partial charge in [-0.2, -0.15) is 13.2 Å². The molecule has 0 aliphatic heterocycles. The van der Waals surface area contributed by atoms with Gasteiger partial charge in [0, 0.05) is 16.8 Å². The maximum absolute atomic E-state index is 13.3. The first kappa shape index (κ1) is 25.9. The number of anilines is 3. The number of nitrogen functional groups attached to an aromatic ring is 1. The number of benzene rings is 3. The van der Waals surface area contributed by atoms with Crippen LogP contribution in [0.3, 0.4) is 0 Å². The Bertz CT molecular complexity index is 1470. The molecule has 0 saturated heterocycles. The molecule has 0 radical (unpaired) electrons. The molecule has 0 amide bonds. The third-order valence-corrected chi connectivity index (χ3v) is 6.17. The summed E-state index contributed by atoms with van der Waals surface area (Å²) in [5, 5.41) is 2.56. The number of alkyl halides is 3. The average molecular weight is 498 g/mol. The van der Waals surface area contributed by atoms with Crippen LogP contribution >= 0.6 is 0 Å². The number of ketones is 2. The van der Waals surface area contributed by atoms with Crippen LogP contribution in [0, 0.1) is 6.92 Å². The fourth-order valence-electron chi connectivity index (χ4n) is 3.76. The maximum Gasteiger partial charge on any atom is 1.00 e. The minimum absolute atomic E-state index is 0. The van der Waals surface area contributed by atoms with Crippen LogP contribution in [0.15, 0.2) is 53.4 Å². The molecule has 0 spiro atoms. The number of nitrogens with two attached hydrogens (primary N) is 1. The SMILES string of the molecule is Cc1ccc(Nc2cc(S(=O)(=O)[O-])c(N)c3c2C(=O)c2ccccc2C3=O)cc1C(F)(F)F.[Na+]. The quantitative estimate of drug-likeness (QED) is 0.245. The molecular formula is C22H14F3N2NaO5S. The number of hydrogen-bond donors (Lipinski definition) is 2. The Balaban J connectivity index is 0.00000324. The second-order valence-corrected chi connectivity index (χ2v) is 8.74. The molecule has 1 aliphatic carbocycles.